The van der Waals surface area contributed by atoms with E-state index in [2.05, 4.69) is 5.32 Å². The summed E-state index contributed by atoms with van der Waals surface area (Å²) in [5, 5.41) is 14.0. The van der Waals surface area contributed by atoms with Crippen LogP contribution in [0, 0.1) is 15.9 Å². The minimum Gasteiger partial charge on any atom is -0.307 e. The van der Waals surface area contributed by atoms with Gasteiger partial charge in [-0.1, -0.05) is 30.3 Å². The Hall–Kier alpha value is -2.60. The Kier molecular flexibility index (Phi) is 5.41. The molecule has 5 nitrogen and oxygen atoms in total. The number of carbonyl (C=O) groups excluding carboxylic acids is 1. The second kappa shape index (κ2) is 7.31. The number of nitrogens with zero attached hydrogens (tertiary/aromatic N) is 1. The smallest absolute Gasteiger partial charge is 0.270 e. The first-order valence-corrected chi connectivity index (χ1v) is 7.54. The van der Waals surface area contributed by atoms with Crippen LogP contribution in [-0.4, -0.2) is 16.2 Å². The Morgan fingerprint density at radius 1 is 1.21 bits per heavy atom. The van der Waals surface area contributed by atoms with Gasteiger partial charge in [0, 0.05) is 30.6 Å². The predicted octanol–water partition coefficient (Wildman–Crippen LogP) is 3.88. The average molecular weight is 330 g/mol. The fourth-order valence-corrected chi connectivity index (χ4v) is 2.34. The van der Waals surface area contributed by atoms with Crippen molar-refractivity contribution in [3.05, 3.63) is 75.6 Å². The Bertz CT molecular complexity index is 745. The van der Waals surface area contributed by atoms with Crippen LogP contribution in [0.1, 0.15) is 36.2 Å². The number of ketones is 1. The lowest BCUT2D eigenvalue weighted by Gasteiger charge is -2.26. The van der Waals surface area contributed by atoms with Crippen LogP contribution in [0.15, 0.2) is 48.5 Å². The first kappa shape index (κ1) is 17.7. The summed E-state index contributed by atoms with van der Waals surface area (Å²) in [6, 6.07) is 12.7. The molecule has 0 aliphatic heterocycles. The van der Waals surface area contributed by atoms with Gasteiger partial charge in [-0.05, 0) is 25.5 Å². The third kappa shape index (κ3) is 4.70. The van der Waals surface area contributed by atoms with Crippen molar-refractivity contribution in [3.63, 3.8) is 0 Å². The van der Waals surface area contributed by atoms with Gasteiger partial charge in [0.25, 0.3) is 5.69 Å². The highest BCUT2D eigenvalue weighted by atomic mass is 19.1. The average Bonchev–Trinajstić information content (AvgIpc) is 2.53. The molecule has 0 aliphatic rings. The Morgan fingerprint density at radius 3 is 2.50 bits per heavy atom. The number of rotatable bonds is 7. The molecule has 126 valence electrons. The number of Topliss-reactive ketones (excluding diaryl/α,β-unsaturated/α-hetero) is 1. The summed E-state index contributed by atoms with van der Waals surface area (Å²) in [7, 11) is 0. The molecule has 0 atom stereocenters. The van der Waals surface area contributed by atoms with Gasteiger partial charge < -0.3 is 5.32 Å². The molecule has 6 heteroatoms. The number of hydrogen-bond donors (Lipinski definition) is 1. The molecule has 0 heterocycles. The van der Waals surface area contributed by atoms with E-state index in [4.69, 9.17) is 0 Å². The molecule has 24 heavy (non-hydrogen) atoms. The van der Waals surface area contributed by atoms with Crippen molar-refractivity contribution < 1.29 is 14.1 Å². The fourth-order valence-electron chi connectivity index (χ4n) is 2.34. The van der Waals surface area contributed by atoms with Gasteiger partial charge in [0.05, 0.1) is 10.5 Å². The number of nitro groups is 1. The van der Waals surface area contributed by atoms with Gasteiger partial charge in [-0.15, -0.1) is 0 Å². The van der Waals surface area contributed by atoms with E-state index >= 15 is 0 Å². The zero-order valence-corrected chi connectivity index (χ0v) is 13.6. The highest BCUT2D eigenvalue weighted by Gasteiger charge is 2.25. The number of halogens is 1. The largest absolute Gasteiger partial charge is 0.307 e. The maximum atomic E-state index is 13.8. The van der Waals surface area contributed by atoms with Crippen molar-refractivity contribution in [1.29, 1.82) is 0 Å². The van der Waals surface area contributed by atoms with Gasteiger partial charge in [-0.25, -0.2) is 4.39 Å². The summed E-state index contributed by atoms with van der Waals surface area (Å²) in [5.74, 6) is -1.22. The van der Waals surface area contributed by atoms with Crippen molar-refractivity contribution in [2.24, 2.45) is 0 Å². The van der Waals surface area contributed by atoms with E-state index in [1.54, 1.807) is 0 Å². The summed E-state index contributed by atoms with van der Waals surface area (Å²) >= 11 is 0. The monoisotopic (exact) mass is 330 g/mol. The summed E-state index contributed by atoms with van der Waals surface area (Å²) in [6.07, 6.45) is 0.0257. The number of nitro benzene ring substituents is 1. The molecular formula is C18H19FN2O3. The normalized spacial score (nSPS) is 11.3. The molecule has 0 bridgehead atoms. The van der Waals surface area contributed by atoms with Gasteiger partial charge in [0.15, 0.2) is 5.78 Å². The lowest BCUT2D eigenvalue weighted by molar-refractivity contribution is -0.384. The van der Waals surface area contributed by atoms with Gasteiger partial charge >= 0.3 is 0 Å². The molecule has 0 amide bonds. The van der Waals surface area contributed by atoms with Gasteiger partial charge in [0.1, 0.15) is 5.82 Å². The maximum absolute atomic E-state index is 13.8. The van der Waals surface area contributed by atoms with Crippen molar-refractivity contribution in [2.75, 3.05) is 0 Å². The first-order valence-electron chi connectivity index (χ1n) is 7.54. The van der Waals surface area contributed by atoms with Crippen LogP contribution in [0.2, 0.25) is 0 Å². The Morgan fingerprint density at radius 2 is 1.88 bits per heavy atom. The van der Waals surface area contributed by atoms with Crippen LogP contribution in [-0.2, 0) is 6.54 Å². The lowest BCUT2D eigenvalue weighted by Crippen LogP contribution is -2.40. The van der Waals surface area contributed by atoms with E-state index in [0.29, 0.717) is 6.54 Å². The van der Waals surface area contributed by atoms with E-state index in [0.717, 1.165) is 23.8 Å². The molecule has 0 aliphatic carbocycles. The van der Waals surface area contributed by atoms with Gasteiger partial charge in [-0.2, -0.15) is 0 Å². The number of benzene rings is 2. The van der Waals surface area contributed by atoms with E-state index in [1.165, 1.54) is 0 Å². The van der Waals surface area contributed by atoms with E-state index in [9.17, 15) is 19.3 Å². The van der Waals surface area contributed by atoms with Crippen LogP contribution < -0.4 is 5.32 Å². The van der Waals surface area contributed by atoms with Gasteiger partial charge in [0.2, 0.25) is 0 Å². The van der Waals surface area contributed by atoms with E-state index in [1.807, 2.05) is 44.2 Å². The van der Waals surface area contributed by atoms with Crippen LogP contribution >= 0.6 is 0 Å². The highest BCUT2D eigenvalue weighted by molar-refractivity contribution is 5.97. The van der Waals surface area contributed by atoms with Crippen LogP contribution in [0.5, 0.6) is 0 Å². The molecule has 1 N–H and O–H groups in total. The number of hydrogen-bond acceptors (Lipinski definition) is 4. The maximum Gasteiger partial charge on any atom is 0.270 e. The molecular weight excluding hydrogens is 311 g/mol. The minimum absolute atomic E-state index is 0.0257. The third-order valence-corrected chi connectivity index (χ3v) is 3.68. The second-order valence-corrected chi connectivity index (χ2v) is 6.24. The predicted molar refractivity (Wildman–Crippen MR) is 89.4 cm³/mol. The quantitative estimate of drug-likeness (QED) is 0.475. The molecule has 0 saturated carbocycles. The zero-order chi connectivity index (χ0) is 17.7. The molecule has 2 aromatic rings. The topological polar surface area (TPSA) is 72.2 Å². The second-order valence-electron chi connectivity index (χ2n) is 6.24. The summed E-state index contributed by atoms with van der Waals surface area (Å²) in [4.78, 5) is 22.5. The summed E-state index contributed by atoms with van der Waals surface area (Å²) in [6.45, 7) is 4.24. The number of non-ortho nitro benzene ring substituents is 1. The summed E-state index contributed by atoms with van der Waals surface area (Å²) in [5.41, 5.74) is -0.0580. The summed E-state index contributed by atoms with van der Waals surface area (Å²) < 4.78 is 13.8. The molecule has 0 fully saturated rings. The van der Waals surface area contributed by atoms with E-state index < -0.39 is 22.1 Å². The Balaban J connectivity index is 2.07. The van der Waals surface area contributed by atoms with Crippen molar-refractivity contribution in [2.45, 2.75) is 32.4 Å². The Labute approximate surface area is 139 Å². The molecule has 2 aromatic carbocycles. The lowest BCUT2D eigenvalue weighted by atomic mass is 9.93. The molecule has 0 spiro atoms. The number of carbonyl (C=O) groups is 1. The zero-order valence-electron chi connectivity index (χ0n) is 13.6. The van der Waals surface area contributed by atoms with Crippen LogP contribution in [0.25, 0.3) is 0 Å². The molecule has 2 rings (SSSR count). The fraction of sp³-hybridized carbons (Fsp3) is 0.278. The number of nitrogens with one attached hydrogen (secondary N) is 1. The molecule has 0 saturated heterocycles. The van der Waals surface area contributed by atoms with Crippen LogP contribution in [0.4, 0.5) is 10.1 Å². The first-order chi connectivity index (χ1) is 11.3. The van der Waals surface area contributed by atoms with Crippen molar-refractivity contribution in [1.82, 2.24) is 5.32 Å². The highest BCUT2D eigenvalue weighted by Crippen LogP contribution is 2.21. The van der Waals surface area contributed by atoms with E-state index in [-0.39, 0.29) is 17.7 Å². The molecule has 0 unspecified atom stereocenters. The molecule has 0 radical (unpaired) electrons. The van der Waals surface area contributed by atoms with Gasteiger partial charge in [-0.3, -0.25) is 14.9 Å². The van der Waals surface area contributed by atoms with Crippen molar-refractivity contribution in [3.8, 4) is 0 Å². The van der Waals surface area contributed by atoms with Crippen molar-refractivity contribution >= 4 is 11.5 Å². The molecule has 0 aromatic heterocycles. The minimum atomic E-state index is -0.746. The van der Waals surface area contributed by atoms with Crippen LogP contribution in [0.3, 0.4) is 0 Å². The SMILES string of the molecule is CC(C)(CC(=O)c1cc([N+](=O)[O-])ccc1F)NCc1ccccc1. The third-order valence-electron chi connectivity index (χ3n) is 3.68. The standard InChI is InChI=1S/C18H19FN2O3/c1-18(2,20-12-13-6-4-3-5-7-13)11-17(22)15-10-14(21(23)24)8-9-16(15)19/h3-10,20H,11-12H2,1-2H3.